The van der Waals surface area contributed by atoms with E-state index in [2.05, 4.69) is 9.97 Å². The molecule has 8 nitrogen and oxygen atoms in total. The second-order valence-corrected chi connectivity index (χ2v) is 8.72. The van der Waals surface area contributed by atoms with Crippen LogP contribution in [0.3, 0.4) is 0 Å². The number of aryl methyl sites for hydroxylation is 1. The zero-order valence-corrected chi connectivity index (χ0v) is 19.2. The predicted molar refractivity (Wildman–Crippen MR) is 129 cm³/mol. The summed E-state index contributed by atoms with van der Waals surface area (Å²) in [6, 6.07) is 12.4. The molecule has 0 saturated heterocycles. The van der Waals surface area contributed by atoms with Gasteiger partial charge in [-0.25, -0.2) is 19.2 Å². The summed E-state index contributed by atoms with van der Waals surface area (Å²) in [6.45, 7) is 3.85. The highest BCUT2D eigenvalue weighted by Gasteiger charge is 2.19. The Morgan fingerprint density at radius 3 is 2.44 bits per heavy atom. The van der Waals surface area contributed by atoms with Crippen LogP contribution in [-0.4, -0.2) is 31.2 Å². The lowest BCUT2D eigenvalue weighted by molar-refractivity contribution is 0.369. The molecule has 172 valence electrons. The fourth-order valence-electron chi connectivity index (χ4n) is 4.01. The number of imidazole rings is 1. The van der Waals surface area contributed by atoms with Crippen molar-refractivity contribution in [3.8, 4) is 22.8 Å². The molecule has 0 aliphatic heterocycles. The maximum Gasteiger partial charge on any atom is 0.333 e. The maximum atomic E-state index is 14.3. The summed E-state index contributed by atoms with van der Waals surface area (Å²) in [6.07, 6.45) is 3.15. The van der Waals surface area contributed by atoms with Crippen LogP contribution in [-0.2, 0) is 12.6 Å². The van der Waals surface area contributed by atoms with E-state index in [9.17, 15) is 9.18 Å². The average molecular weight is 458 g/mol. The number of rotatable bonds is 4. The second-order valence-electron chi connectivity index (χ2n) is 8.72. The van der Waals surface area contributed by atoms with Crippen molar-refractivity contribution in [3.05, 3.63) is 76.7 Å². The molecule has 34 heavy (non-hydrogen) atoms. The molecule has 5 aromatic rings. The lowest BCUT2D eigenvalue weighted by atomic mass is 9.95. The van der Waals surface area contributed by atoms with Gasteiger partial charge in [-0.1, -0.05) is 12.1 Å². The molecular formula is C25H23FN6O2. The van der Waals surface area contributed by atoms with Gasteiger partial charge in [-0.05, 0) is 49.7 Å². The Bertz CT molecular complexity index is 1610. The molecular weight excluding hydrogens is 435 g/mol. The summed E-state index contributed by atoms with van der Waals surface area (Å²) in [4.78, 5) is 26.5. The number of fused-ring (bicyclic) bond motifs is 3. The molecule has 0 unspecified atom stereocenters. The van der Waals surface area contributed by atoms with Crippen molar-refractivity contribution in [2.45, 2.75) is 19.4 Å². The van der Waals surface area contributed by atoms with Gasteiger partial charge in [0.05, 0.1) is 35.7 Å². The van der Waals surface area contributed by atoms with E-state index in [1.165, 1.54) is 23.9 Å². The molecule has 9 heteroatoms. The quantitative estimate of drug-likeness (QED) is 0.441. The van der Waals surface area contributed by atoms with Crippen molar-refractivity contribution in [1.29, 1.82) is 0 Å². The van der Waals surface area contributed by atoms with Crippen molar-refractivity contribution in [2.24, 2.45) is 12.8 Å². The van der Waals surface area contributed by atoms with Gasteiger partial charge in [0.25, 0.3) is 0 Å². The fraction of sp³-hybridized carbons (Fsp3) is 0.200. The minimum absolute atomic E-state index is 0.0883. The lowest BCUT2D eigenvalue weighted by Crippen LogP contribution is -2.28. The highest BCUT2D eigenvalue weighted by molar-refractivity contribution is 6.01. The SMILES string of the molecule is COc1ncc(-c2ccc3ncc4c(c3n2)n(-c2ccc(C(C)(C)N)cc2)c(=O)n4C)cc1F. The Balaban J connectivity index is 1.77. The molecule has 0 radical (unpaired) electrons. The van der Waals surface area contributed by atoms with Crippen LogP contribution in [0.25, 0.3) is 39.0 Å². The van der Waals surface area contributed by atoms with Crippen molar-refractivity contribution < 1.29 is 9.13 Å². The standard InChI is InChI=1S/C25H23FN6O2/c1-25(2,27)15-5-7-16(8-6-15)32-22-20(31(3)24(32)33)13-28-19-10-9-18(30-21(19)22)14-11-17(26)23(34-4)29-12-14/h5-13H,27H2,1-4H3. The van der Waals surface area contributed by atoms with Crippen LogP contribution in [0.15, 0.2) is 59.7 Å². The minimum Gasteiger partial charge on any atom is -0.479 e. The Labute approximate surface area is 194 Å². The first-order valence-corrected chi connectivity index (χ1v) is 10.7. The Morgan fingerprint density at radius 1 is 1.06 bits per heavy atom. The van der Waals surface area contributed by atoms with Gasteiger partial charge in [0.2, 0.25) is 5.88 Å². The third-order valence-electron chi connectivity index (χ3n) is 5.90. The van der Waals surface area contributed by atoms with E-state index in [1.807, 2.05) is 38.1 Å². The molecule has 0 saturated carbocycles. The molecule has 1 aromatic carbocycles. The summed E-state index contributed by atoms with van der Waals surface area (Å²) >= 11 is 0. The molecule has 4 heterocycles. The third-order valence-corrected chi connectivity index (χ3v) is 5.90. The molecule has 0 fully saturated rings. The van der Waals surface area contributed by atoms with Gasteiger partial charge < -0.3 is 10.5 Å². The number of methoxy groups -OCH3 is 1. The zero-order chi connectivity index (χ0) is 24.2. The topological polar surface area (TPSA) is 101 Å². The van der Waals surface area contributed by atoms with Crippen molar-refractivity contribution in [1.82, 2.24) is 24.1 Å². The van der Waals surface area contributed by atoms with Crippen LogP contribution in [0, 0.1) is 5.82 Å². The molecule has 4 aromatic heterocycles. The van der Waals surface area contributed by atoms with Gasteiger partial charge in [0, 0.05) is 24.3 Å². The van der Waals surface area contributed by atoms with Gasteiger partial charge in [0.1, 0.15) is 11.0 Å². The number of halogens is 1. The van der Waals surface area contributed by atoms with Crippen LogP contribution in [0.2, 0.25) is 0 Å². The lowest BCUT2D eigenvalue weighted by Gasteiger charge is -2.19. The predicted octanol–water partition coefficient (Wildman–Crippen LogP) is 3.68. The van der Waals surface area contributed by atoms with Crippen LogP contribution in [0.5, 0.6) is 5.88 Å². The van der Waals surface area contributed by atoms with Gasteiger partial charge in [-0.3, -0.25) is 14.1 Å². The van der Waals surface area contributed by atoms with Crippen molar-refractivity contribution >= 4 is 22.1 Å². The van der Waals surface area contributed by atoms with E-state index in [0.29, 0.717) is 39.0 Å². The second kappa shape index (κ2) is 7.74. The highest BCUT2D eigenvalue weighted by atomic mass is 19.1. The van der Waals surface area contributed by atoms with Crippen molar-refractivity contribution in [3.63, 3.8) is 0 Å². The van der Waals surface area contributed by atoms with Crippen LogP contribution < -0.4 is 16.2 Å². The molecule has 0 aliphatic carbocycles. The molecule has 2 N–H and O–H groups in total. The monoisotopic (exact) mass is 458 g/mol. The third kappa shape index (κ3) is 3.41. The number of nitrogens with zero attached hydrogens (tertiary/aromatic N) is 5. The summed E-state index contributed by atoms with van der Waals surface area (Å²) in [5.41, 5.74) is 10.5. The van der Waals surface area contributed by atoms with E-state index in [4.69, 9.17) is 15.5 Å². The normalized spacial score (nSPS) is 11.9. The zero-order valence-electron chi connectivity index (χ0n) is 19.2. The summed E-state index contributed by atoms with van der Waals surface area (Å²) in [5, 5.41) is 0. The van der Waals surface area contributed by atoms with E-state index in [-0.39, 0.29) is 11.6 Å². The van der Waals surface area contributed by atoms with Crippen molar-refractivity contribution in [2.75, 3.05) is 7.11 Å². The van der Waals surface area contributed by atoms with E-state index < -0.39 is 11.4 Å². The molecule has 5 rings (SSSR count). The molecule has 0 bridgehead atoms. The largest absolute Gasteiger partial charge is 0.479 e. The summed E-state index contributed by atoms with van der Waals surface area (Å²) in [7, 11) is 3.05. The highest BCUT2D eigenvalue weighted by Crippen LogP contribution is 2.28. The van der Waals surface area contributed by atoms with Crippen LogP contribution >= 0.6 is 0 Å². The number of ether oxygens (including phenoxy) is 1. The fourth-order valence-corrected chi connectivity index (χ4v) is 4.01. The van der Waals surface area contributed by atoms with E-state index in [1.54, 1.807) is 29.9 Å². The van der Waals surface area contributed by atoms with Gasteiger partial charge in [0.15, 0.2) is 5.82 Å². The smallest absolute Gasteiger partial charge is 0.333 e. The van der Waals surface area contributed by atoms with Crippen LogP contribution in [0.4, 0.5) is 4.39 Å². The Hall–Kier alpha value is -4.11. The Kier molecular flexibility index (Phi) is 4.94. The summed E-state index contributed by atoms with van der Waals surface area (Å²) in [5.74, 6) is -0.674. The number of hydrogen-bond donors (Lipinski definition) is 1. The van der Waals surface area contributed by atoms with Gasteiger partial charge in [-0.2, -0.15) is 0 Å². The first-order valence-electron chi connectivity index (χ1n) is 10.7. The number of hydrogen-bond acceptors (Lipinski definition) is 6. The first kappa shape index (κ1) is 21.7. The number of aromatic nitrogens is 5. The first-order chi connectivity index (χ1) is 16.2. The molecule has 0 amide bonds. The number of pyridine rings is 3. The van der Waals surface area contributed by atoms with Gasteiger partial charge >= 0.3 is 5.69 Å². The average Bonchev–Trinajstić information content (AvgIpc) is 3.08. The molecule has 0 aliphatic rings. The number of benzene rings is 1. The molecule has 0 atom stereocenters. The maximum absolute atomic E-state index is 14.3. The minimum atomic E-state index is -0.585. The number of nitrogens with two attached hydrogens (primary N) is 1. The van der Waals surface area contributed by atoms with Gasteiger partial charge in [-0.15, -0.1) is 0 Å². The Morgan fingerprint density at radius 2 is 1.79 bits per heavy atom. The van der Waals surface area contributed by atoms with Crippen LogP contribution in [0.1, 0.15) is 19.4 Å². The van der Waals surface area contributed by atoms with E-state index >= 15 is 0 Å². The summed E-state index contributed by atoms with van der Waals surface area (Å²) < 4.78 is 22.3. The van der Waals surface area contributed by atoms with E-state index in [0.717, 1.165) is 5.56 Å². The molecule has 0 spiro atoms.